The lowest BCUT2D eigenvalue weighted by Crippen LogP contribution is -2.60. The number of rotatable bonds is 2. The third kappa shape index (κ3) is 3.09. The van der Waals surface area contributed by atoms with Gasteiger partial charge < -0.3 is 14.7 Å². The average Bonchev–Trinajstić information content (AvgIpc) is 3.23. The van der Waals surface area contributed by atoms with E-state index < -0.39 is 0 Å². The van der Waals surface area contributed by atoms with Gasteiger partial charge in [0.05, 0.1) is 5.56 Å². The molecule has 6 nitrogen and oxygen atoms in total. The van der Waals surface area contributed by atoms with E-state index in [-0.39, 0.29) is 5.91 Å². The summed E-state index contributed by atoms with van der Waals surface area (Å²) in [5, 5.41) is 0. The Kier molecular flexibility index (Phi) is 4.29. The number of anilines is 1. The molecule has 4 saturated heterocycles. The number of amides is 2. The molecule has 4 fully saturated rings. The van der Waals surface area contributed by atoms with Crippen molar-refractivity contribution in [3.05, 3.63) is 23.9 Å². The molecule has 4 aliphatic heterocycles. The zero-order valence-corrected chi connectivity index (χ0v) is 15.8. The van der Waals surface area contributed by atoms with Gasteiger partial charge in [-0.1, -0.05) is 0 Å². The predicted molar refractivity (Wildman–Crippen MR) is 103 cm³/mol. The van der Waals surface area contributed by atoms with Crippen molar-refractivity contribution in [3.8, 4) is 0 Å². The highest BCUT2D eigenvalue weighted by Crippen LogP contribution is 2.38. The number of hydrogen-bond acceptors (Lipinski definition) is 4. The number of pyridine rings is 1. The fourth-order valence-electron chi connectivity index (χ4n) is 5.60. The minimum Gasteiger partial charge on any atom is -0.356 e. The van der Waals surface area contributed by atoms with Crippen LogP contribution >= 0.6 is 0 Å². The Hall–Kier alpha value is -2.11. The van der Waals surface area contributed by atoms with Crippen molar-refractivity contribution in [2.24, 2.45) is 11.8 Å². The topological polar surface area (TPSA) is 56.8 Å². The first-order chi connectivity index (χ1) is 13.2. The Labute approximate surface area is 160 Å². The van der Waals surface area contributed by atoms with E-state index in [1.54, 1.807) is 6.20 Å². The molecule has 0 saturated carbocycles. The molecule has 5 rings (SSSR count). The number of piperidine rings is 3. The number of carbonyl (C=O) groups is 2. The van der Waals surface area contributed by atoms with Gasteiger partial charge in [-0.15, -0.1) is 0 Å². The molecule has 1 aromatic rings. The standard InChI is InChI=1S/C21H28N4O2/c26-20-5-3-4-18-17-10-15(13-25(18)20)12-24(14-17)19-7-6-16(11-22-19)21(27)23-8-1-2-9-23/h6-7,11,15,17-18H,1-5,8-10,12-14H2/t15-,17-,18-/m1/s1. The lowest BCUT2D eigenvalue weighted by Gasteiger charge is -2.52. The van der Waals surface area contributed by atoms with Crippen molar-refractivity contribution in [1.82, 2.24) is 14.8 Å². The molecule has 0 unspecified atom stereocenters. The van der Waals surface area contributed by atoms with Gasteiger partial charge in [-0.05, 0) is 56.1 Å². The molecule has 144 valence electrons. The largest absolute Gasteiger partial charge is 0.356 e. The summed E-state index contributed by atoms with van der Waals surface area (Å²) >= 11 is 0. The van der Waals surface area contributed by atoms with Crippen LogP contribution in [0.4, 0.5) is 5.82 Å². The second-order valence-corrected chi connectivity index (χ2v) is 8.68. The Balaban J connectivity index is 1.30. The van der Waals surface area contributed by atoms with E-state index >= 15 is 0 Å². The first kappa shape index (κ1) is 17.0. The Morgan fingerprint density at radius 3 is 2.70 bits per heavy atom. The van der Waals surface area contributed by atoms with E-state index in [1.165, 1.54) is 6.42 Å². The summed E-state index contributed by atoms with van der Waals surface area (Å²) in [7, 11) is 0. The monoisotopic (exact) mass is 368 g/mol. The highest BCUT2D eigenvalue weighted by Gasteiger charge is 2.44. The zero-order chi connectivity index (χ0) is 18.4. The van der Waals surface area contributed by atoms with Crippen LogP contribution in [0.1, 0.15) is 48.9 Å². The van der Waals surface area contributed by atoms with Gasteiger partial charge in [0.25, 0.3) is 5.91 Å². The summed E-state index contributed by atoms with van der Waals surface area (Å²) in [6.07, 6.45) is 8.10. The molecule has 2 bridgehead atoms. The van der Waals surface area contributed by atoms with Gasteiger partial charge in [0, 0.05) is 51.4 Å². The van der Waals surface area contributed by atoms with Crippen LogP contribution in [-0.2, 0) is 4.79 Å². The van der Waals surface area contributed by atoms with Gasteiger partial charge in [-0.3, -0.25) is 9.59 Å². The fourth-order valence-corrected chi connectivity index (χ4v) is 5.60. The molecule has 2 amide bonds. The molecule has 4 aliphatic rings. The van der Waals surface area contributed by atoms with Crippen LogP contribution in [-0.4, -0.2) is 65.4 Å². The Bertz CT molecular complexity index is 728. The highest BCUT2D eigenvalue weighted by atomic mass is 16.2. The van der Waals surface area contributed by atoms with Crippen LogP contribution in [0.2, 0.25) is 0 Å². The van der Waals surface area contributed by atoms with Gasteiger partial charge in [0.2, 0.25) is 5.91 Å². The van der Waals surface area contributed by atoms with E-state index in [2.05, 4.69) is 14.8 Å². The van der Waals surface area contributed by atoms with Crippen LogP contribution in [0.15, 0.2) is 18.3 Å². The number of hydrogen-bond donors (Lipinski definition) is 0. The van der Waals surface area contributed by atoms with E-state index in [0.717, 1.165) is 70.6 Å². The maximum atomic E-state index is 12.5. The van der Waals surface area contributed by atoms with Gasteiger partial charge in [-0.25, -0.2) is 4.98 Å². The van der Waals surface area contributed by atoms with E-state index in [1.807, 2.05) is 17.0 Å². The SMILES string of the molecule is O=C(c1ccc(N2C[C@H]3C[C@H](C2)[C@H]2CCCC(=O)N2C3)nc1)N1CCCC1. The molecule has 0 aromatic carbocycles. The van der Waals surface area contributed by atoms with Crippen molar-refractivity contribution in [1.29, 1.82) is 0 Å². The van der Waals surface area contributed by atoms with Crippen LogP contribution in [0, 0.1) is 11.8 Å². The third-order valence-electron chi connectivity index (χ3n) is 6.89. The van der Waals surface area contributed by atoms with Gasteiger partial charge in [0.15, 0.2) is 0 Å². The molecule has 0 spiro atoms. The summed E-state index contributed by atoms with van der Waals surface area (Å²) in [5.74, 6) is 2.53. The molecule has 0 N–H and O–H groups in total. The normalized spacial score (nSPS) is 30.4. The number of nitrogens with zero attached hydrogens (tertiary/aromatic N) is 4. The molecule has 3 atom stereocenters. The Morgan fingerprint density at radius 2 is 1.93 bits per heavy atom. The van der Waals surface area contributed by atoms with Crippen LogP contribution in [0.5, 0.6) is 0 Å². The summed E-state index contributed by atoms with van der Waals surface area (Å²) in [4.78, 5) is 35.9. The summed E-state index contributed by atoms with van der Waals surface area (Å²) in [6.45, 7) is 4.57. The average molecular weight is 368 g/mol. The maximum absolute atomic E-state index is 12.5. The second kappa shape index (κ2) is 6.80. The predicted octanol–water partition coefficient (Wildman–Crippen LogP) is 2.15. The van der Waals surface area contributed by atoms with Gasteiger partial charge >= 0.3 is 0 Å². The van der Waals surface area contributed by atoms with Crippen molar-refractivity contribution >= 4 is 17.6 Å². The minimum absolute atomic E-state index is 0.110. The molecule has 27 heavy (non-hydrogen) atoms. The number of aromatic nitrogens is 1. The highest BCUT2D eigenvalue weighted by molar-refractivity contribution is 5.94. The smallest absolute Gasteiger partial charge is 0.255 e. The lowest BCUT2D eigenvalue weighted by atomic mass is 9.76. The molecular weight excluding hydrogens is 340 g/mol. The van der Waals surface area contributed by atoms with Crippen LogP contribution in [0.25, 0.3) is 0 Å². The first-order valence-corrected chi connectivity index (χ1v) is 10.5. The van der Waals surface area contributed by atoms with Crippen molar-refractivity contribution in [3.63, 3.8) is 0 Å². The minimum atomic E-state index is 0.110. The van der Waals surface area contributed by atoms with Gasteiger partial charge in [-0.2, -0.15) is 0 Å². The van der Waals surface area contributed by atoms with E-state index in [0.29, 0.717) is 29.3 Å². The quantitative estimate of drug-likeness (QED) is 0.803. The van der Waals surface area contributed by atoms with Crippen LogP contribution < -0.4 is 4.90 Å². The first-order valence-electron chi connectivity index (χ1n) is 10.5. The number of carbonyl (C=O) groups excluding carboxylic acids is 2. The summed E-state index contributed by atoms with van der Waals surface area (Å²) in [6, 6.07) is 4.36. The number of fused-ring (bicyclic) bond motifs is 4. The second-order valence-electron chi connectivity index (χ2n) is 8.68. The molecule has 0 aliphatic carbocycles. The van der Waals surface area contributed by atoms with E-state index in [4.69, 9.17) is 0 Å². The number of likely N-dealkylation sites (tertiary alicyclic amines) is 1. The molecule has 6 heteroatoms. The molecular formula is C21H28N4O2. The Morgan fingerprint density at radius 1 is 1.07 bits per heavy atom. The van der Waals surface area contributed by atoms with Gasteiger partial charge in [0.1, 0.15) is 5.82 Å². The van der Waals surface area contributed by atoms with Crippen LogP contribution in [0.3, 0.4) is 0 Å². The fraction of sp³-hybridized carbons (Fsp3) is 0.667. The maximum Gasteiger partial charge on any atom is 0.255 e. The summed E-state index contributed by atoms with van der Waals surface area (Å²) in [5.41, 5.74) is 0.696. The zero-order valence-electron chi connectivity index (χ0n) is 15.8. The third-order valence-corrected chi connectivity index (χ3v) is 6.89. The van der Waals surface area contributed by atoms with Crippen molar-refractivity contribution in [2.45, 2.75) is 44.6 Å². The summed E-state index contributed by atoms with van der Waals surface area (Å²) < 4.78 is 0. The molecule has 5 heterocycles. The van der Waals surface area contributed by atoms with Crippen molar-refractivity contribution in [2.75, 3.05) is 37.6 Å². The molecule has 0 radical (unpaired) electrons. The van der Waals surface area contributed by atoms with E-state index in [9.17, 15) is 9.59 Å². The molecule has 1 aromatic heterocycles. The lowest BCUT2D eigenvalue weighted by molar-refractivity contribution is -0.142. The van der Waals surface area contributed by atoms with Crippen molar-refractivity contribution < 1.29 is 9.59 Å².